The van der Waals surface area contributed by atoms with E-state index >= 15 is 0 Å². The van der Waals surface area contributed by atoms with Crippen LogP contribution in [0.4, 0.5) is 0 Å². The molecule has 0 aliphatic heterocycles. The molecule has 0 bridgehead atoms. The summed E-state index contributed by atoms with van der Waals surface area (Å²) in [5.74, 6) is 0.276. The van der Waals surface area contributed by atoms with E-state index in [1.807, 2.05) is 37.3 Å². The molecule has 1 unspecified atom stereocenters. The number of rotatable bonds is 3. The van der Waals surface area contributed by atoms with Crippen molar-refractivity contribution in [1.82, 2.24) is 0 Å². The zero-order valence-corrected chi connectivity index (χ0v) is 8.99. The van der Waals surface area contributed by atoms with Gasteiger partial charge >= 0.3 is 86.8 Å². The van der Waals surface area contributed by atoms with Crippen molar-refractivity contribution >= 4 is 34.3 Å². The minimum atomic E-state index is 0.208. The van der Waals surface area contributed by atoms with Crippen LogP contribution < -0.4 is 0 Å². The summed E-state index contributed by atoms with van der Waals surface area (Å²) in [5, 5.41) is 0. The second kappa shape index (κ2) is 4.89. The fourth-order valence-corrected chi connectivity index (χ4v) is 1.68. The van der Waals surface area contributed by atoms with Gasteiger partial charge in [0.1, 0.15) is 0 Å². The van der Waals surface area contributed by atoms with Crippen molar-refractivity contribution in [2.45, 2.75) is 11.7 Å². The van der Waals surface area contributed by atoms with Crippen LogP contribution in [0.2, 0.25) is 4.82 Å². The summed E-state index contributed by atoms with van der Waals surface area (Å²) in [6.07, 6.45) is 0. The molecule has 1 atom stereocenters. The van der Waals surface area contributed by atoms with Gasteiger partial charge in [-0.05, 0) is 0 Å². The van der Waals surface area contributed by atoms with Gasteiger partial charge in [0.25, 0.3) is 0 Å². The van der Waals surface area contributed by atoms with Crippen LogP contribution >= 0.6 is 0 Å². The molecule has 0 heterocycles. The maximum absolute atomic E-state index is 11.6. The summed E-state index contributed by atoms with van der Waals surface area (Å²) in [7, 11) is 0. The Morgan fingerprint density at radius 2 is 2.00 bits per heavy atom. The van der Waals surface area contributed by atoms with Crippen LogP contribution in [0.3, 0.4) is 0 Å². The second-order valence-corrected chi connectivity index (χ2v) is 5.08. The predicted molar refractivity (Wildman–Crippen MR) is 51.7 cm³/mol. The third-order valence-corrected chi connectivity index (χ3v) is 3.71. The molecular weight excluding hydrogens is 210 g/mol. The molecule has 1 aromatic carbocycles. The standard InChI is InChI=1S/C9H10OSe.Li/c1-7(11)9(10)8-5-3-2-4-6-8;/h2-7,11H,1H3;/q;+1/p-1. The Kier molecular flexibility index (Phi) is 4.12. The molecule has 0 radical (unpaired) electrons. The molecular formula is C9H9LiOSe. The Labute approximate surface area is 86.6 Å². The first-order valence-electron chi connectivity index (χ1n) is 3.87. The molecule has 58 valence electrons. The average molecular weight is 219 g/mol. The van der Waals surface area contributed by atoms with Crippen LogP contribution in [0.15, 0.2) is 30.3 Å². The van der Waals surface area contributed by atoms with Crippen LogP contribution in [0.1, 0.15) is 17.3 Å². The summed E-state index contributed by atoms with van der Waals surface area (Å²) < 4.78 is 0. The van der Waals surface area contributed by atoms with E-state index in [0.717, 1.165) is 5.56 Å². The van der Waals surface area contributed by atoms with Crippen molar-refractivity contribution < 1.29 is 4.79 Å². The molecule has 1 aromatic rings. The molecule has 0 saturated heterocycles. The average Bonchev–Trinajstić information content (AvgIpc) is 2.17. The molecule has 0 aromatic heterocycles. The minimum absolute atomic E-state index is 0.208. The number of hydrogen-bond acceptors (Lipinski definition) is 1. The van der Waals surface area contributed by atoms with Crippen LogP contribution in [0.25, 0.3) is 0 Å². The Balaban J connectivity index is 2.79. The Morgan fingerprint density at radius 1 is 1.42 bits per heavy atom. The van der Waals surface area contributed by atoms with E-state index in [-0.39, 0.29) is 10.6 Å². The van der Waals surface area contributed by atoms with Gasteiger partial charge in [0.15, 0.2) is 0 Å². The first kappa shape index (κ1) is 10.1. The van der Waals surface area contributed by atoms with Crippen molar-refractivity contribution in [2.24, 2.45) is 0 Å². The van der Waals surface area contributed by atoms with Gasteiger partial charge in [-0.2, -0.15) is 0 Å². The summed E-state index contributed by atoms with van der Waals surface area (Å²) in [6, 6.07) is 9.50. The monoisotopic (exact) mass is 220 g/mol. The van der Waals surface area contributed by atoms with Gasteiger partial charge in [-0.15, -0.1) is 0 Å². The molecule has 1 rings (SSSR count). The van der Waals surface area contributed by atoms with E-state index in [1.165, 1.54) is 0 Å². The maximum atomic E-state index is 11.6. The van der Waals surface area contributed by atoms with Crippen molar-refractivity contribution in [3.05, 3.63) is 35.9 Å². The molecule has 0 N–H and O–H groups in total. The molecule has 0 aliphatic carbocycles. The summed E-state index contributed by atoms with van der Waals surface area (Å²) in [6.45, 7) is 2.00. The quantitative estimate of drug-likeness (QED) is 0.555. The summed E-state index contributed by atoms with van der Waals surface area (Å²) in [5.41, 5.74) is 0.841. The van der Waals surface area contributed by atoms with E-state index in [4.69, 9.17) is 0 Å². The first-order valence-corrected chi connectivity index (χ1v) is 6.58. The second-order valence-electron chi connectivity index (χ2n) is 2.61. The van der Waals surface area contributed by atoms with Crippen molar-refractivity contribution in [3.8, 4) is 0 Å². The van der Waals surface area contributed by atoms with Gasteiger partial charge in [-0.3, -0.25) is 0 Å². The molecule has 0 spiro atoms. The van der Waals surface area contributed by atoms with Gasteiger partial charge in [-0.25, -0.2) is 0 Å². The number of ketones is 1. The van der Waals surface area contributed by atoms with Crippen molar-refractivity contribution in [2.75, 3.05) is 0 Å². The van der Waals surface area contributed by atoms with Gasteiger partial charge in [0, 0.05) is 0 Å². The van der Waals surface area contributed by atoms with Crippen LogP contribution in [-0.4, -0.2) is 34.3 Å². The number of benzene rings is 1. The summed E-state index contributed by atoms with van der Waals surface area (Å²) in [4.78, 5) is 11.8. The molecule has 12 heavy (non-hydrogen) atoms. The van der Waals surface area contributed by atoms with Crippen LogP contribution in [0.5, 0.6) is 0 Å². The third-order valence-electron chi connectivity index (χ3n) is 1.78. The Hall–Kier alpha value is 0.00688. The fourth-order valence-electron chi connectivity index (χ4n) is 0.944. The number of Topliss-reactive ketones (excluding diaryl/α,β-unsaturated/α-hetero) is 1. The van der Waals surface area contributed by atoms with Gasteiger partial charge in [0.2, 0.25) is 0 Å². The van der Waals surface area contributed by atoms with Crippen molar-refractivity contribution in [3.63, 3.8) is 0 Å². The van der Waals surface area contributed by atoms with E-state index in [2.05, 4.69) is 15.8 Å². The van der Waals surface area contributed by atoms with E-state index in [1.54, 1.807) is 0 Å². The SMILES string of the molecule is [Li][Se]C(C)C(=O)c1ccccc1. The molecule has 0 aliphatic rings. The zero-order valence-electron chi connectivity index (χ0n) is 7.28. The first-order chi connectivity index (χ1) is 5.75. The Bertz CT molecular complexity index is 260. The van der Waals surface area contributed by atoms with E-state index in [0.29, 0.717) is 12.8 Å². The predicted octanol–water partition coefficient (Wildman–Crippen LogP) is 1.47. The molecule has 1 nitrogen and oxygen atoms in total. The van der Waals surface area contributed by atoms with Gasteiger partial charge in [-0.1, -0.05) is 0 Å². The topological polar surface area (TPSA) is 17.1 Å². The third kappa shape index (κ3) is 2.50. The van der Waals surface area contributed by atoms with Crippen molar-refractivity contribution in [1.29, 1.82) is 0 Å². The molecule has 0 saturated carbocycles. The fraction of sp³-hybridized carbons (Fsp3) is 0.222. The molecule has 0 amide bonds. The van der Waals surface area contributed by atoms with Crippen LogP contribution in [0, 0.1) is 0 Å². The normalized spacial score (nSPS) is 12.6. The number of carbonyl (C=O) groups excluding carboxylic acids is 1. The summed E-state index contributed by atoms with van der Waals surface area (Å²) >= 11 is 2.51. The zero-order chi connectivity index (χ0) is 8.97. The van der Waals surface area contributed by atoms with Crippen LogP contribution in [-0.2, 0) is 0 Å². The van der Waals surface area contributed by atoms with E-state index < -0.39 is 0 Å². The Morgan fingerprint density at radius 3 is 2.50 bits per heavy atom. The molecule has 3 heteroatoms. The number of hydrogen-bond donors (Lipinski definition) is 0. The van der Waals surface area contributed by atoms with E-state index in [9.17, 15) is 4.79 Å². The van der Waals surface area contributed by atoms with Gasteiger partial charge < -0.3 is 0 Å². The van der Waals surface area contributed by atoms with Gasteiger partial charge in [0.05, 0.1) is 0 Å². The number of carbonyl (C=O) groups is 1. The molecule has 0 fully saturated rings.